The smallest absolute Gasteiger partial charge is 0.125 e. The van der Waals surface area contributed by atoms with Crippen LogP contribution < -0.4 is 5.32 Å². The molecule has 5 heteroatoms. The molecule has 106 valence electrons. The molecule has 0 spiro atoms. The molecule has 2 rings (SSSR count). The van der Waals surface area contributed by atoms with Gasteiger partial charge < -0.3 is 10.1 Å². The summed E-state index contributed by atoms with van der Waals surface area (Å²) in [5.41, 5.74) is 0.225. The fraction of sp³-hybridized carbons (Fsp3) is 0.571. The Morgan fingerprint density at radius 3 is 2.47 bits per heavy atom. The quantitative estimate of drug-likeness (QED) is 0.810. The highest BCUT2D eigenvalue weighted by Crippen LogP contribution is 2.41. The SMILES string of the molecule is CC1(C)CC(Nc2c(Cl)cc(F)cc2Br)C(C)(C)O1. The van der Waals surface area contributed by atoms with Crippen molar-refractivity contribution in [1.82, 2.24) is 0 Å². The van der Waals surface area contributed by atoms with Crippen LogP contribution >= 0.6 is 27.5 Å². The van der Waals surface area contributed by atoms with Crippen LogP contribution in [0.5, 0.6) is 0 Å². The zero-order chi connectivity index (χ0) is 14.4. The molecule has 1 heterocycles. The molecule has 0 amide bonds. The molecule has 1 aromatic carbocycles. The lowest BCUT2D eigenvalue weighted by molar-refractivity contribution is -0.0662. The van der Waals surface area contributed by atoms with Gasteiger partial charge in [0.2, 0.25) is 0 Å². The summed E-state index contributed by atoms with van der Waals surface area (Å²) < 4.78 is 19.9. The number of anilines is 1. The highest BCUT2D eigenvalue weighted by molar-refractivity contribution is 9.10. The maximum atomic E-state index is 13.2. The number of halogens is 3. The van der Waals surface area contributed by atoms with Gasteiger partial charge in [0, 0.05) is 4.47 Å². The second-order valence-electron chi connectivity index (χ2n) is 6.11. The molecule has 0 aromatic heterocycles. The summed E-state index contributed by atoms with van der Waals surface area (Å²) in [6.07, 6.45) is 0.861. The van der Waals surface area contributed by atoms with Gasteiger partial charge in [-0.3, -0.25) is 0 Å². The summed E-state index contributed by atoms with van der Waals surface area (Å²) in [6.45, 7) is 8.23. The highest BCUT2D eigenvalue weighted by Gasteiger charge is 2.46. The minimum absolute atomic E-state index is 0.113. The third kappa shape index (κ3) is 3.23. The lowest BCUT2D eigenvalue weighted by Gasteiger charge is -2.29. The van der Waals surface area contributed by atoms with E-state index >= 15 is 0 Å². The fourth-order valence-electron chi connectivity index (χ4n) is 2.64. The second kappa shape index (κ2) is 4.90. The largest absolute Gasteiger partial charge is 0.377 e. The van der Waals surface area contributed by atoms with Crippen molar-refractivity contribution in [2.24, 2.45) is 0 Å². The van der Waals surface area contributed by atoms with Crippen molar-refractivity contribution in [3.63, 3.8) is 0 Å². The first-order chi connectivity index (χ1) is 8.61. The van der Waals surface area contributed by atoms with Gasteiger partial charge in [-0.15, -0.1) is 0 Å². The summed E-state index contributed by atoms with van der Waals surface area (Å²) in [5, 5.41) is 3.75. The molecule has 1 unspecified atom stereocenters. The lowest BCUT2D eigenvalue weighted by atomic mass is 9.94. The topological polar surface area (TPSA) is 21.3 Å². The van der Waals surface area contributed by atoms with Gasteiger partial charge in [-0.1, -0.05) is 11.6 Å². The van der Waals surface area contributed by atoms with Gasteiger partial charge in [0.1, 0.15) is 5.82 Å². The van der Waals surface area contributed by atoms with E-state index < -0.39 is 0 Å². The van der Waals surface area contributed by atoms with Crippen LogP contribution in [0.2, 0.25) is 5.02 Å². The Hall–Kier alpha value is -0.320. The van der Waals surface area contributed by atoms with Crippen LogP contribution in [0.25, 0.3) is 0 Å². The molecule has 1 saturated heterocycles. The molecule has 0 aliphatic carbocycles. The van der Waals surface area contributed by atoms with Crippen molar-refractivity contribution >= 4 is 33.2 Å². The summed E-state index contributed by atoms with van der Waals surface area (Å²) in [6, 6.07) is 2.83. The van der Waals surface area contributed by atoms with Crippen LogP contribution in [0.4, 0.5) is 10.1 Å². The molecule has 1 N–H and O–H groups in total. The molecule has 1 fully saturated rings. The standard InChI is InChI=1S/C14H18BrClFNO/c1-13(2)7-11(14(3,4)19-13)18-12-9(15)5-8(17)6-10(12)16/h5-6,11,18H,7H2,1-4H3. The number of benzene rings is 1. The summed E-state index contributed by atoms with van der Waals surface area (Å²) >= 11 is 9.45. The molecule has 1 atom stereocenters. The van der Waals surface area contributed by atoms with Crippen LogP contribution in [-0.4, -0.2) is 17.2 Å². The minimum atomic E-state index is -0.357. The van der Waals surface area contributed by atoms with Gasteiger partial charge in [-0.25, -0.2) is 4.39 Å². The maximum Gasteiger partial charge on any atom is 0.125 e. The molecule has 19 heavy (non-hydrogen) atoms. The number of hydrogen-bond donors (Lipinski definition) is 1. The predicted molar refractivity (Wildman–Crippen MR) is 80.4 cm³/mol. The van der Waals surface area contributed by atoms with Crippen LogP contribution in [0.1, 0.15) is 34.1 Å². The Labute approximate surface area is 126 Å². The Morgan fingerprint density at radius 1 is 1.37 bits per heavy atom. The van der Waals surface area contributed by atoms with Crippen LogP contribution in [0.3, 0.4) is 0 Å². The van der Waals surface area contributed by atoms with E-state index in [9.17, 15) is 4.39 Å². The van der Waals surface area contributed by atoms with E-state index in [0.717, 1.165) is 6.42 Å². The summed E-state index contributed by atoms with van der Waals surface area (Å²) in [5.74, 6) is -0.357. The third-order valence-electron chi connectivity index (χ3n) is 3.40. The first-order valence-corrected chi connectivity index (χ1v) is 7.39. The van der Waals surface area contributed by atoms with Crippen LogP contribution in [-0.2, 0) is 4.74 Å². The zero-order valence-corrected chi connectivity index (χ0v) is 13.8. The molecule has 0 radical (unpaired) electrons. The number of hydrogen-bond acceptors (Lipinski definition) is 2. The van der Waals surface area contributed by atoms with E-state index in [1.54, 1.807) is 0 Å². The molecule has 0 saturated carbocycles. The van der Waals surface area contributed by atoms with Crippen molar-refractivity contribution in [2.45, 2.75) is 51.4 Å². The predicted octanol–water partition coefficient (Wildman–Crippen LogP) is 5.00. The van der Waals surface area contributed by atoms with Crippen LogP contribution in [0, 0.1) is 5.82 Å². The summed E-state index contributed by atoms with van der Waals surface area (Å²) in [4.78, 5) is 0. The lowest BCUT2D eigenvalue weighted by Crippen LogP contribution is -2.38. The highest BCUT2D eigenvalue weighted by atomic mass is 79.9. The third-order valence-corrected chi connectivity index (χ3v) is 4.32. The first kappa shape index (κ1) is 15.1. The molecule has 0 bridgehead atoms. The normalized spacial score (nSPS) is 24.5. The minimum Gasteiger partial charge on any atom is -0.377 e. The Bertz CT molecular complexity index is 481. The number of ether oxygens (including phenoxy) is 1. The van der Waals surface area contributed by atoms with Gasteiger partial charge >= 0.3 is 0 Å². The van der Waals surface area contributed by atoms with E-state index in [1.165, 1.54) is 12.1 Å². The zero-order valence-electron chi connectivity index (χ0n) is 11.5. The monoisotopic (exact) mass is 349 g/mol. The fourth-order valence-corrected chi connectivity index (χ4v) is 3.56. The number of rotatable bonds is 2. The van der Waals surface area contributed by atoms with Crippen molar-refractivity contribution in [3.8, 4) is 0 Å². The van der Waals surface area contributed by atoms with E-state index in [1.807, 2.05) is 13.8 Å². The Kier molecular flexibility index (Phi) is 3.89. The average Bonchev–Trinajstić information content (AvgIpc) is 2.39. The van der Waals surface area contributed by atoms with Gasteiger partial charge in [-0.2, -0.15) is 0 Å². The van der Waals surface area contributed by atoms with Crippen molar-refractivity contribution < 1.29 is 9.13 Å². The van der Waals surface area contributed by atoms with Gasteiger partial charge in [0.05, 0.1) is 28.0 Å². The first-order valence-electron chi connectivity index (χ1n) is 6.22. The Balaban J connectivity index is 2.27. The van der Waals surface area contributed by atoms with E-state index in [-0.39, 0.29) is 23.1 Å². The molecule has 2 nitrogen and oxygen atoms in total. The van der Waals surface area contributed by atoms with E-state index in [0.29, 0.717) is 15.2 Å². The van der Waals surface area contributed by atoms with Crippen LogP contribution in [0.15, 0.2) is 16.6 Å². The van der Waals surface area contributed by atoms with E-state index in [4.69, 9.17) is 16.3 Å². The molecular formula is C14H18BrClFNO. The summed E-state index contributed by atoms with van der Waals surface area (Å²) in [7, 11) is 0. The molecule has 1 aromatic rings. The van der Waals surface area contributed by atoms with Crippen molar-refractivity contribution in [1.29, 1.82) is 0 Å². The molecule has 1 aliphatic rings. The maximum absolute atomic E-state index is 13.2. The number of nitrogens with one attached hydrogen (secondary N) is 1. The van der Waals surface area contributed by atoms with Crippen molar-refractivity contribution in [3.05, 3.63) is 27.4 Å². The average molecular weight is 351 g/mol. The van der Waals surface area contributed by atoms with Gasteiger partial charge in [0.25, 0.3) is 0 Å². The van der Waals surface area contributed by atoms with Gasteiger partial charge in [-0.05, 0) is 62.2 Å². The Morgan fingerprint density at radius 2 is 2.00 bits per heavy atom. The van der Waals surface area contributed by atoms with Crippen molar-refractivity contribution in [2.75, 3.05) is 5.32 Å². The molecule has 1 aliphatic heterocycles. The van der Waals surface area contributed by atoms with E-state index in [2.05, 4.69) is 35.1 Å². The second-order valence-corrected chi connectivity index (χ2v) is 7.37. The molecular weight excluding hydrogens is 333 g/mol. The van der Waals surface area contributed by atoms with Gasteiger partial charge in [0.15, 0.2) is 0 Å².